The van der Waals surface area contributed by atoms with E-state index in [9.17, 15) is 0 Å². The summed E-state index contributed by atoms with van der Waals surface area (Å²) in [6, 6.07) is 9.55. The fraction of sp³-hybridized carbons (Fsp3) is 0.267. The zero-order valence-corrected chi connectivity index (χ0v) is 11.1. The minimum Gasteiger partial charge on any atom is -0.439 e. The summed E-state index contributed by atoms with van der Waals surface area (Å²) in [5.74, 6) is 1.27. The molecule has 0 saturated carbocycles. The molecule has 2 aromatic rings. The van der Waals surface area contributed by atoms with Crippen LogP contribution in [0.3, 0.4) is 0 Å². The maximum atomic E-state index is 9.04. The van der Waals surface area contributed by atoms with Crippen molar-refractivity contribution >= 4 is 0 Å². The largest absolute Gasteiger partial charge is 0.439 e. The SMILES string of the molecule is COCc1cccc(Oc2ncc(CO)cc2C)c1. The number of hydrogen-bond acceptors (Lipinski definition) is 4. The van der Waals surface area contributed by atoms with E-state index < -0.39 is 0 Å². The highest BCUT2D eigenvalue weighted by Gasteiger charge is 2.05. The Balaban J connectivity index is 2.18. The summed E-state index contributed by atoms with van der Waals surface area (Å²) in [5, 5.41) is 9.04. The number of methoxy groups -OCH3 is 1. The third kappa shape index (κ3) is 3.53. The molecular weight excluding hydrogens is 242 g/mol. The number of ether oxygens (including phenoxy) is 2. The molecular formula is C15H17NO3. The molecule has 0 aliphatic heterocycles. The Bertz CT molecular complexity index is 555. The van der Waals surface area contributed by atoms with E-state index in [1.165, 1.54) is 0 Å². The second kappa shape index (κ2) is 6.31. The first-order valence-corrected chi connectivity index (χ1v) is 6.05. The van der Waals surface area contributed by atoms with Crippen molar-refractivity contribution in [2.75, 3.05) is 7.11 Å². The van der Waals surface area contributed by atoms with Crippen LogP contribution in [-0.4, -0.2) is 17.2 Å². The third-order valence-electron chi connectivity index (χ3n) is 2.69. The monoisotopic (exact) mass is 259 g/mol. The number of aliphatic hydroxyl groups is 1. The van der Waals surface area contributed by atoms with Crippen LogP contribution in [-0.2, 0) is 18.0 Å². The fourth-order valence-electron chi connectivity index (χ4n) is 1.79. The van der Waals surface area contributed by atoms with Gasteiger partial charge in [0, 0.05) is 18.9 Å². The van der Waals surface area contributed by atoms with Crippen molar-refractivity contribution in [3.63, 3.8) is 0 Å². The third-order valence-corrected chi connectivity index (χ3v) is 2.69. The molecule has 0 fully saturated rings. The van der Waals surface area contributed by atoms with Crippen molar-refractivity contribution in [2.24, 2.45) is 0 Å². The molecule has 0 spiro atoms. The van der Waals surface area contributed by atoms with Crippen LogP contribution in [0.2, 0.25) is 0 Å². The van der Waals surface area contributed by atoms with Gasteiger partial charge in [0.25, 0.3) is 0 Å². The van der Waals surface area contributed by atoms with Crippen molar-refractivity contribution in [1.29, 1.82) is 0 Å². The Kier molecular flexibility index (Phi) is 4.49. The zero-order chi connectivity index (χ0) is 13.7. The van der Waals surface area contributed by atoms with Crippen LogP contribution in [0.15, 0.2) is 36.5 Å². The summed E-state index contributed by atoms with van der Waals surface area (Å²) in [7, 11) is 1.66. The Morgan fingerprint density at radius 2 is 2.05 bits per heavy atom. The van der Waals surface area contributed by atoms with Gasteiger partial charge in [-0.05, 0) is 36.2 Å². The summed E-state index contributed by atoms with van der Waals surface area (Å²) in [6.45, 7) is 2.44. The van der Waals surface area contributed by atoms with Crippen LogP contribution in [0.1, 0.15) is 16.7 Å². The maximum absolute atomic E-state index is 9.04. The smallest absolute Gasteiger partial charge is 0.222 e. The molecule has 0 saturated heterocycles. The topological polar surface area (TPSA) is 51.6 Å². The molecule has 0 atom stereocenters. The highest BCUT2D eigenvalue weighted by atomic mass is 16.5. The second-order valence-electron chi connectivity index (χ2n) is 4.31. The van der Waals surface area contributed by atoms with Crippen molar-refractivity contribution in [3.05, 3.63) is 53.2 Å². The maximum Gasteiger partial charge on any atom is 0.222 e. The van der Waals surface area contributed by atoms with Gasteiger partial charge in [-0.1, -0.05) is 12.1 Å². The summed E-state index contributed by atoms with van der Waals surface area (Å²) in [6.07, 6.45) is 1.61. The second-order valence-corrected chi connectivity index (χ2v) is 4.31. The zero-order valence-electron chi connectivity index (χ0n) is 11.1. The van der Waals surface area contributed by atoms with Gasteiger partial charge in [0.2, 0.25) is 5.88 Å². The standard InChI is InChI=1S/C15H17NO3/c1-11-6-13(9-17)8-16-15(11)19-14-5-3-4-12(7-14)10-18-2/h3-8,17H,9-10H2,1-2H3. The molecule has 0 aliphatic carbocycles. The van der Waals surface area contributed by atoms with Gasteiger partial charge in [-0.2, -0.15) is 0 Å². The van der Waals surface area contributed by atoms with Gasteiger partial charge < -0.3 is 14.6 Å². The van der Waals surface area contributed by atoms with Gasteiger partial charge in [0.05, 0.1) is 13.2 Å². The first kappa shape index (κ1) is 13.5. The van der Waals surface area contributed by atoms with Gasteiger partial charge in [-0.3, -0.25) is 0 Å². The normalized spacial score (nSPS) is 10.5. The molecule has 1 aromatic carbocycles. The van der Waals surface area contributed by atoms with E-state index in [-0.39, 0.29) is 6.61 Å². The Morgan fingerprint density at radius 1 is 1.21 bits per heavy atom. The lowest BCUT2D eigenvalue weighted by Gasteiger charge is -2.09. The number of benzene rings is 1. The molecule has 100 valence electrons. The van der Waals surface area contributed by atoms with E-state index in [0.29, 0.717) is 12.5 Å². The molecule has 0 amide bonds. The summed E-state index contributed by atoms with van der Waals surface area (Å²) >= 11 is 0. The molecule has 1 N–H and O–H groups in total. The average Bonchev–Trinajstić information content (AvgIpc) is 2.42. The predicted molar refractivity (Wildman–Crippen MR) is 72.1 cm³/mol. The average molecular weight is 259 g/mol. The summed E-state index contributed by atoms with van der Waals surface area (Å²) in [4.78, 5) is 4.21. The fourth-order valence-corrected chi connectivity index (χ4v) is 1.79. The van der Waals surface area contributed by atoms with E-state index in [4.69, 9.17) is 14.6 Å². The molecule has 0 aliphatic rings. The highest BCUT2D eigenvalue weighted by molar-refractivity contribution is 5.35. The number of aryl methyl sites for hydroxylation is 1. The lowest BCUT2D eigenvalue weighted by atomic mass is 10.2. The van der Waals surface area contributed by atoms with Crippen molar-refractivity contribution < 1.29 is 14.6 Å². The summed E-state index contributed by atoms with van der Waals surface area (Å²) < 4.78 is 10.8. The first-order valence-electron chi connectivity index (χ1n) is 6.05. The lowest BCUT2D eigenvalue weighted by molar-refractivity contribution is 0.184. The van der Waals surface area contributed by atoms with E-state index >= 15 is 0 Å². The quantitative estimate of drug-likeness (QED) is 0.897. The van der Waals surface area contributed by atoms with Crippen LogP contribution in [0.4, 0.5) is 0 Å². The Morgan fingerprint density at radius 3 is 2.74 bits per heavy atom. The van der Waals surface area contributed by atoms with Crippen molar-refractivity contribution in [2.45, 2.75) is 20.1 Å². The molecule has 1 aromatic heterocycles. The Labute approximate surface area is 112 Å². The van der Waals surface area contributed by atoms with E-state index in [2.05, 4.69) is 4.98 Å². The number of aromatic nitrogens is 1. The van der Waals surface area contributed by atoms with Crippen LogP contribution >= 0.6 is 0 Å². The molecule has 4 nitrogen and oxygen atoms in total. The summed E-state index contributed by atoms with van der Waals surface area (Å²) in [5.41, 5.74) is 2.71. The minimum atomic E-state index is -0.0164. The number of nitrogens with zero attached hydrogens (tertiary/aromatic N) is 1. The minimum absolute atomic E-state index is 0.0164. The molecule has 0 unspecified atom stereocenters. The van der Waals surface area contributed by atoms with Crippen LogP contribution < -0.4 is 4.74 Å². The lowest BCUT2D eigenvalue weighted by Crippen LogP contribution is -1.95. The van der Waals surface area contributed by atoms with Crippen molar-refractivity contribution in [3.8, 4) is 11.6 Å². The van der Waals surface area contributed by atoms with Crippen LogP contribution in [0.5, 0.6) is 11.6 Å². The number of aliphatic hydroxyl groups excluding tert-OH is 1. The number of rotatable bonds is 5. The molecule has 0 bridgehead atoms. The van der Waals surface area contributed by atoms with E-state index in [1.54, 1.807) is 13.3 Å². The number of hydrogen-bond donors (Lipinski definition) is 1. The van der Waals surface area contributed by atoms with Gasteiger partial charge in [-0.25, -0.2) is 4.98 Å². The van der Waals surface area contributed by atoms with Gasteiger partial charge in [0.15, 0.2) is 0 Å². The molecule has 4 heteroatoms. The van der Waals surface area contributed by atoms with Crippen molar-refractivity contribution in [1.82, 2.24) is 4.98 Å². The van der Waals surface area contributed by atoms with Gasteiger partial charge in [0.1, 0.15) is 5.75 Å². The van der Waals surface area contributed by atoms with Gasteiger partial charge in [-0.15, -0.1) is 0 Å². The van der Waals surface area contributed by atoms with E-state index in [0.717, 1.165) is 22.4 Å². The highest BCUT2D eigenvalue weighted by Crippen LogP contribution is 2.24. The van der Waals surface area contributed by atoms with Crippen LogP contribution in [0.25, 0.3) is 0 Å². The molecule has 1 heterocycles. The molecule has 2 rings (SSSR count). The molecule has 0 radical (unpaired) electrons. The molecule has 19 heavy (non-hydrogen) atoms. The predicted octanol–water partition coefficient (Wildman–Crippen LogP) is 2.82. The van der Waals surface area contributed by atoms with Gasteiger partial charge >= 0.3 is 0 Å². The van der Waals surface area contributed by atoms with E-state index in [1.807, 2.05) is 37.3 Å². The first-order chi connectivity index (χ1) is 9.22. The van der Waals surface area contributed by atoms with Crippen LogP contribution in [0, 0.1) is 6.92 Å². The number of pyridine rings is 1. The Hall–Kier alpha value is -1.91.